The molecule has 1 rings (SSSR count). The van der Waals surface area contributed by atoms with Gasteiger partial charge in [-0.05, 0) is 6.26 Å². The number of nitrogens with zero attached hydrogens (tertiary/aromatic N) is 2. The topological polar surface area (TPSA) is 25.8 Å². The van der Waals surface area contributed by atoms with Crippen LogP contribution in [0.25, 0.3) is 0 Å². The van der Waals surface area contributed by atoms with Crippen molar-refractivity contribution < 1.29 is 0 Å². The lowest BCUT2D eigenvalue weighted by Crippen LogP contribution is -1.72. The van der Waals surface area contributed by atoms with Gasteiger partial charge in [-0.2, -0.15) is 0 Å². The van der Waals surface area contributed by atoms with Crippen molar-refractivity contribution >= 4 is 34.9 Å². The Morgan fingerprint density at radius 2 is 2.27 bits per heavy atom. The number of thioether (sulfide) groups is 2. The zero-order valence-electron chi connectivity index (χ0n) is 5.90. The second-order valence-corrected chi connectivity index (χ2v) is 4.78. The lowest BCUT2D eigenvalue weighted by Gasteiger charge is -1.83. The largest absolute Gasteiger partial charge is 0.176 e. The molecule has 58 valence electrons. The van der Waals surface area contributed by atoms with Crippen LogP contribution in [0, 0.1) is 12.3 Å². The summed E-state index contributed by atoms with van der Waals surface area (Å²) < 4.78 is 1.94. The van der Waals surface area contributed by atoms with E-state index in [1.165, 1.54) is 0 Å². The Balaban J connectivity index is 2.53. The summed E-state index contributed by atoms with van der Waals surface area (Å²) in [6.45, 7) is 0. The number of aromatic nitrogens is 2. The predicted molar refractivity (Wildman–Crippen MR) is 51.2 cm³/mol. The molecule has 0 atom stereocenters. The van der Waals surface area contributed by atoms with Gasteiger partial charge in [0, 0.05) is 0 Å². The number of hydrogen-bond acceptors (Lipinski definition) is 5. The van der Waals surface area contributed by atoms with Crippen LogP contribution in [0.15, 0.2) is 8.68 Å². The van der Waals surface area contributed by atoms with Crippen molar-refractivity contribution in [2.45, 2.75) is 8.68 Å². The molecule has 1 heterocycles. The molecule has 0 aliphatic carbocycles. The highest BCUT2D eigenvalue weighted by molar-refractivity contribution is 8.03. The van der Waals surface area contributed by atoms with Crippen molar-refractivity contribution in [2.75, 3.05) is 12.0 Å². The molecule has 2 nitrogen and oxygen atoms in total. The minimum absolute atomic E-state index is 0.670. The summed E-state index contributed by atoms with van der Waals surface area (Å²) in [6, 6.07) is 0. The number of terminal acetylenes is 1. The fourth-order valence-electron chi connectivity index (χ4n) is 0.441. The second-order valence-electron chi connectivity index (χ2n) is 1.53. The average Bonchev–Trinajstić information content (AvgIpc) is 2.48. The molecule has 1 aromatic heterocycles. The van der Waals surface area contributed by atoms with Crippen LogP contribution >= 0.6 is 34.9 Å². The molecule has 0 fully saturated rings. The molecule has 0 spiro atoms. The molecule has 0 aromatic carbocycles. The molecule has 0 radical (unpaired) electrons. The van der Waals surface area contributed by atoms with E-state index >= 15 is 0 Å². The van der Waals surface area contributed by atoms with Crippen LogP contribution in [0.2, 0.25) is 0 Å². The summed E-state index contributed by atoms with van der Waals surface area (Å²) >= 11 is 4.74. The molecule has 0 saturated heterocycles. The van der Waals surface area contributed by atoms with Gasteiger partial charge in [0.25, 0.3) is 0 Å². The van der Waals surface area contributed by atoms with Crippen LogP contribution < -0.4 is 0 Å². The highest BCUT2D eigenvalue weighted by Gasteiger charge is 2.01. The zero-order valence-corrected chi connectivity index (χ0v) is 8.35. The third kappa shape index (κ3) is 2.73. The normalized spacial score (nSPS) is 9.45. The van der Waals surface area contributed by atoms with Crippen molar-refractivity contribution in [1.82, 2.24) is 10.2 Å². The SMILES string of the molecule is C#CCSc1nnc(SC)s1. The number of rotatable bonds is 3. The zero-order chi connectivity index (χ0) is 8.10. The van der Waals surface area contributed by atoms with Gasteiger partial charge in [-0.1, -0.05) is 40.8 Å². The highest BCUT2D eigenvalue weighted by Crippen LogP contribution is 2.26. The lowest BCUT2D eigenvalue weighted by atomic mass is 10.8. The van der Waals surface area contributed by atoms with Crippen molar-refractivity contribution in [2.24, 2.45) is 0 Å². The fourth-order valence-corrected chi connectivity index (χ4v) is 2.56. The van der Waals surface area contributed by atoms with Gasteiger partial charge < -0.3 is 0 Å². The van der Waals surface area contributed by atoms with Gasteiger partial charge in [0.15, 0.2) is 8.68 Å². The standard InChI is InChI=1S/C6H6N2S3/c1-3-4-10-6-8-7-5(9-2)11-6/h1H,4H2,2H3. The Bertz CT molecular complexity index is 263. The molecule has 5 heteroatoms. The minimum Gasteiger partial charge on any atom is -0.131 e. The summed E-state index contributed by atoms with van der Waals surface area (Å²) in [5.41, 5.74) is 0. The smallest absolute Gasteiger partial charge is 0.131 e. The van der Waals surface area contributed by atoms with Crippen LogP contribution in [0.4, 0.5) is 0 Å². The van der Waals surface area contributed by atoms with Crippen LogP contribution in [-0.4, -0.2) is 22.2 Å². The van der Waals surface area contributed by atoms with E-state index in [0.29, 0.717) is 5.75 Å². The van der Waals surface area contributed by atoms with E-state index in [2.05, 4.69) is 16.1 Å². The molecule has 0 aliphatic rings. The first-order chi connectivity index (χ1) is 5.36. The first-order valence-corrected chi connectivity index (χ1v) is 5.83. The molecule has 0 bridgehead atoms. The Kier molecular flexibility index (Phi) is 3.77. The summed E-state index contributed by atoms with van der Waals surface area (Å²) in [5, 5.41) is 7.87. The van der Waals surface area contributed by atoms with Gasteiger partial charge in [0.1, 0.15) is 0 Å². The maximum Gasteiger partial charge on any atom is 0.176 e. The average molecular weight is 202 g/mol. The van der Waals surface area contributed by atoms with Crippen LogP contribution in [0.5, 0.6) is 0 Å². The monoisotopic (exact) mass is 202 g/mol. The first kappa shape index (κ1) is 8.91. The van der Waals surface area contributed by atoms with Crippen LogP contribution in [0.3, 0.4) is 0 Å². The molecular formula is C6H6N2S3. The third-order valence-electron chi connectivity index (χ3n) is 0.842. The Labute approximate surface area is 78.2 Å². The Hall–Kier alpha value is -0.180. The first-order valence-electron chi connectivity index (χ1n) is 2.80. The molecule has 0 unspecified atom stereocenters. The summed E-state index contributed by atoms with van der Waals surface area (Å²) in [4.78, 5) is 0. The number of hydrogen-bond donors (Lipinski definition) is 0. The fraction of sp³-hybridized carbons (Fsp3) is 0.333. The quantitative estimate of drug-likeness (QED) is 0.553. The van der Waals surface area contributed by atoms with Gasteiger partial charge in [-0.3, -0.25) is 0 Å². The molecule has 0 saturated carbocycles. The van der Waals surface area contributed by atoms with E-state index in [9.17, 15) is 0 Å². The van der Waals surface area contributed by atoms with Crippen LogP contribution in [0.1, 0.15) is 0 Å². The Morgan fingerprint density at radius 3 is 2.82 bits per heavy atom. The summed E-state index contributed by atoms with van der Waals surface area (Å²) in [5.74, 6) is 3.21. The van der Waals surface area contributed by atoms with E-state index in [1.54, 1.807) is 34.9 Å². The van der Waals surface area contributed by atoms with E-state index in [-0.39, 0.29) is 0 Å². The second kappa shape index (κ2) is 4.65. The molecule has 0 N–H and O–H groups in total. The van der Waals surface area contributed by atoms with Crippen LogP contribution in [-0.2, 0) is 0 Å². The summed E-state index contributed by atoms with van der Waals surface area (Å²) in [7, 11) is 0. The maximum absolute atomic E-state index is 5.10. The molecule has 0 amide bonds. The van der Waals surface area contributed by atoms with E-state index in [1.807, 2.05) is 6.26 Å². The molecular weight excluding hydrogens is 196 g/mol. The van der Waals surface area contributed by atoms with Gasteiger partial charge in [0.2, 0.25) is 0 Å². The molecule has 11 heavy (non-hydrogen) atoms. The van der Waals surface area contributed by atoms with Crippen molar-refractivity contribution in [3.63, 3.8) is 0 Å². The predicted octanol–water partition coefficient (Wildman–Crippen LogP) is 1.99. The Morgan fingerprint density at radius 1 is 1.55 bits per heavy atom. The molecule has 0 aliphatic heterocycles. The highest BCUT2D eigenvalue weighted by atomic mass is 32.2. The van der Waals surface area contributed by atoms with Gasteiger partial charge in [-0.25, -0.2) is 0 Å². The molecule has 1 aromatic rings. The lowest BCUT2D eigenvalue weighted by molar-refractivity contribution is 0.956. The van der Waals surface area contributed by atoms with Crippen molar-refractivity contribution in [3.05, 3.63) is 0 Å². The van der Waals surface area contributed by atoms with Crippen molar-refractivity contribution in [3.8, 4) is 12.3 Å². The van der Waals surface area contributed by atoms with Crippen molar-refractivity contribution in [1.29, 1.82) is 0 Å². The van der Waals surface area contributed by atoms with Gasteiger partial charge in [-0.15, -0.1) is 16.6 Å². The third-order valence-corrected chi connectivity index (χ3v) is 3.78. The van der Waals surface area contributed by atoms with Gasteiger partial charge >= 0.3 is 0 Å². The van der Waals surface area contributed by atoms with E-state index in [0.717, 1.165) is 8.68 Å². The minimum atomic E-state index is 0.670. The van der Waals surface area contributed by atoms with E-state index in [4.69, 9.17) is 6.42 Å². The van der Waals surface area contributed by atoms with Gasteiger partial charge in [0.05, 0.1) is 5.75 Å². The maximum atomic E-state index is 5.10. The van der Waals surface area contributed by atoms with E-state index < -0.39 is 0 Å². The summed E-state index contributed by atoms with van der Waals surface area (Å²) in [6.07, 6.45) is 7.08.